The minimum Gasteiger partial charge on any atom is -0.493 e. The molecule has 0 aliphatic rings. The van der Waals surface area contributed by atoms with Crippen molar-refractivity contribution in [2.24, 2.45) is 0 Å². The van der Waals surface area contributed by atoms with Crippen molar-refractivity contribution in [3.8, 4) is 28.8 Å². The van der Waals surface area contributed by atoms with Gasteiger partial charge in [-0.05, 0) is 45.4 Å². The number of aromatic nitrogens is 8. The molecule has 4 heterocycles. The van der Waals surface area contributed by atoms with Crippen LogP contribution in [0.2, 0.25) is 0 Å². The molecule has 0 aliphatic carbocycles. The zero-order valence-electron chi connectivity index (χ0n) is 28.0. The van der Waals surface area contributed by atoms with Gasteiger partial charge >= 0.3 is 0 Å². The summed E-state index contributed by atoms with van der Waals surface area (Å²) in [5.41, 5.74) is 6.04. The Bertz CT molecular complexity index is 2030. The molecule has 254 valence electrons. The van der Waals surface area contributed by atoms with Crippen molar-refractivity contribution in [2.45, 2.75) is 62.1 Å². The molecule has 0 aliphatic heterocycles. The van der Waals surface area contributed by atoms with Crippen LogP contribution < -0.4 is 4.74 Å². The van der Waals surface area contributed by atoms with Crippen LogP contribution in [-0.4, -0.2) is 46.6 Å². The maximum absolute atomic E-state index is 13.8. The molecule has 4 aromatic heterocycles. The Hall–Kier alpha value is -5.83. The van der Waals surface area contributed by atoms with Gasteiger partial charge in [0.1, 0.15) is 23.7 Å². The zero-order valence-corrected chi connectivity index (χ0v) is 28.0. The summed E-state index contributed by atoms with van der Waals surface area (Å²) in [6.45, 7) is 19.6. The van der Waals surface area contributed by atoms with Crippen LogP contribution in [0, 0.1) is 45.9 Å². The van der Waals surface area contributed by atoms with Crippen molar-refractivity contribution in [1.29, 1.82) is 0 Å². The molecule has 6 rings (SSSR count). The minimum absolute atomic E-state index is 0. The van der Waals surface area contributed by atoms with E-state index in [1.54, 1.807) is 31.5 Å². The Labute approximate surface area is 286 Å². The third-order valence-electron chi connectivity index (χ3n) is 7.35. The van der Waals surface area contributed by atoms with Gasteiger partial charge in [-0.25, -0.2) is 28.7 Å². The van der Waals surface area contributed by atoms with Gasteiger partial charge < -0.3 is 9.58 Å². The van der Waals surface area contributed by atoms with Gasteiger partial charge in [-0.3, -0.25) is 4.68 Å². The largest absolute Gasteiger partial charge is 0.493 e. The molecule has 0 unspecified atom stereocenters. The fraction of sp³-hybridized carbons (Fsp3) is 0.270. The summed E-state index contributed by atoms with van der Waals surface area (Å²) in [5, 5.41) is 8.97. The molecule has 0 N–H and O–H groups in total. The van der Waals surface area contributed by atoms with E-state index < -0.39 is 5.82 Å². The smallest absolute Gasteiger partial charge is 0.253 e. The third-order valence-corrected chi connectivity index (χ3v) is 7.35. The van der Waals surface area contributed by atoms with Gasteiger partial charge in [0.15, 0.2) is 23.2 Å². The second-order valence-electron chi connectivity index (χ2n) is 10.4. The molecular formula is C37H41F2N9O. The normalized spacial score (nSPS) is 10.1. The highest BCUT2D eigenvalue weighted by molar-refractivity contribution is 5.57. The van der Waals surface area contributed by atoms with E-state index in [-0.39, 0.29) is 37.1 Å². The summed E-state index contributed by atoms with van der Waals surface area (Å²) < 4.78 is 35.6. The van der Waals surface area contributed by atoms with E-state index in [9.17, 15) is 8.78 Å². The maximum atomic E-state index is 13.8. The first kappa shape index (κ1) is 37.6. The van der Waals surface area contributed by atoms with Gasteiger partial charge in [0.25, 0.3) is 5.82 Å². The highest BCUT2D eigenvalue weighted by Gasteiger charge is 2.17. The molecule has 12 heteroatoms. The lowest BCUT2D eigenvalue weighted by molar-refractivity contribution is 0.407. The Morgan fingerprint density at radius 1 is 0.776 bits per heavy atom. The molecular weight excluding hydrogens is 624 g/mol. The van der Waals surface area contributed by atoms with Gasteiger partial charge in [-0.2, -0.15) is 9.78 Å². The van der Waals surface area contributed by atoms with Crippen LogP contribution in [0.15, 0.2) is 73.1 Å². The number of rotatable bonds is 7. The van der Waals surface area contributed by atoms with E-state index in [1.165, 1.54) is 29.3 Å². The monoisotopic (exact) mass is 665 g/mol. The van der Waals surface area contributed by atoms with Crippen LogP contribution in [0.4, 0.5) is 14.6 Å². The first-order chi connectivity index (χ1) is 23.2. The first-order valence-electron chi connectivity index (χ1n) is 15.3. The third kappa shape index (κ3) is 8.96. The fourth-order valence-corrected chi connectivity index (χ4v) is 4.62. The number of hydrogen-bond acceptors (Lipinski definition) is 7. The molecule has 0 saturated heterocycles. The Morgan fingerprint density at radius 2 is 1.43 bits per heavy atom. The van der Waals surface area contributed by atoms with Crippen LogP contribution in [0.3, 0.4) is 0 Å². The van der Waals surface area contributed by atoms with Crippen LogP contribution >= 0.6 is 0 Å². The van der Waals surface area contributed by atoms with E-state index in [0.29, 0.717) is 22.8 Å². The Balaban J connectivity index is 0.000000248. The SMILES string of the molecule is C.CC.COc1cnc(-c2nn(Cc3ccccc3)c(C)c2C)nc1C.[C-]#[N+]c1cc(-c2ncc(F)c(C)n2)nn1Cc1ccccc1F. The molecule has 0 spiro atoms. The van der Waals surface area contributed by atoms with Crippen molar-refractivity contribution < 1.29 is 13.5 Å². The zero-order chi connectivity index (χ0) is 34.8. The van der Waals surface area contributed by atoms with Crippen molar-refractivity contribution in [3.63, 3.8) is 0 Å². The minimum atomic E-state index is -0.509. The lowest BCUT2D eigenvalue weighted by Gasteiger charge is -2.05. The van der Waals surface area contributed by atoms with Gasteiger partial charge in [0, 0.05) is 16.8 Å². The highest BCUT2D eigenvalue weighted by Crippen LogP contribution is 2.25. The summed E-state index contributed by atoms with van der Waals surface area (Å²) >= 11 is 0. The van der Waals surface area contributed by atoms with Crippen molar-refractivity contribution in [1.82, 2.24) is 39.5 Å². The molecule has 0 radical (unpaired) electrons. The lowest BCUT2D eigenvalue weighted by Crippen LogP contribution is -2.04. The second-order valence-corrected chi connectivity index (χ2v) is 10.4. The summed E-state index contributed by atoms with van der Waals surface area (Å²) in [4.78, 5) is 20.2. The predicted octanol–water partition coefficient (Wildman–Crippen LogP) is 8.51. The van der Waals surface area contributed by atoms with E-state index in [4.69, 9.17) is 16.4 Å². The number of methoxy groups -OCH3 is 1. The Morgan fingerprint density at radius 3 is 2.06 bits per heavy atom. The summed E-state index contributed by atoms with van der Waals surface area (Å²) in [6, 6.07) is 18.1. The van der Waals surface area contributed by atoms with Crippen molar-refractivity contribution in [3.05, 3.63) is 130 Å². The highest BCUT2D eigenvalue weighted by atomic mass is 19.1. The van der Waals surface area contributed by atoms with Gasteiger partial charge in [-0.15, -0.1) is 0 Å². The predicted molar refractivity (Wildman–Crippen MR) is 187 cm³/mol. The number of halogens is 2. The van der Waals surface area contributed by atoms with Crippen LogP contribution in [0.25, 0.3) is 27.9 Å². The lowest BCUT2D eigenvalue weighted by atomic mass is 10.2. The maximum Gasteiger partial charge on any atom is 0.253 e. The standard InChI is InChI=1S/C18H20N4O.C16H11F2N5.C2H6.CH4/c1-12-14(3)22(11-15-8-6-5-7-9-15)21-17(12)18-19-10-16(23-4)13(2)20-18;1-10-13(18)8-20-16(21-10)14-7-15(19-2)23(22-14)9-11-5-3-4-6-12(11)17;1-2;/h5-10H,11H2,1-4H3;3-8H,9H2,1H3;1-2H3;1H4. The molecule has 10 nitrogen and oxygen atoms in total. The number of hydrogen-bond donors (Lipinski definition) is 0. The number of benzene rings is 2. The molecule has 2 aromatic carbocycles. The number of ether oxygens (including phenoxy) is 1. The van der Waals surface area contributed by atoms with Crippen molar-refractivity contribution >= 4 is 5.82 Å². The van der Waals surface area contributed by atoms with Crippen molar-refractivity contribution in [2.75, 3.05) is 7.11 Å². The topological polar surface area (TPSA) is 101 Å². The summed E-state index contributed by atoms with van der Waals surface area (Å²) in [6.07, 6.45) is 2.76. The van der Waals surface area contributed by atoms with Crippen LogP contribution in [0.1, 0.15) is 55.0 Å². The Kier molecular flexibility index (Phi) is 13.3. The second kappa shape index (κ2) is 17.4. The van der Waals surface area contributed by atoms with Gasteiger partial charge in [0.2, 0.25) is 0 Å². The molecule has 6 aromatic rings. The summed E-state index contributed by atoms with van der Waals surface area (Å²) in [5.74, 6) is 0.900. The number of aryl methyl sites for hydroxylation is 2. The average Bonchev–Trinajstić information content (AvgIpc) is 3.64. The van der Waals surface area contributed by atoms with Gasteiger partial charge in [0.05, 0.1) is 37.4 Å². The molecule has 0 fully saturated rings. The van der Waals surface area contributed by atoms with E-state index in [2.05, 4.69) is 55.9 Å². The number of nitrogens with zero attached hydrogens (tertiary/aromatic N) is 9. The van der Waals surface area contributed by atoms with Crippen LogP contribution in [-0.2, 0) is 13.1 Å². The quantitative estimate of drug-likeness (QED) is 0.158. The molecule has 0 bridgehead atoms. The average molecular weight is 666 g/mol. The molecule has 49 heavy (non-hydrogen) atoms. The fourth-order valence-electron chi connectivity index (χ4n) is 4.62. The van der Waals surface area contributed by atoms with E-state index in [0.717, 1.165) is 35.4 Å². The van der Waals surface area contributed by atoms with E-state index in [1.807, 2.05) is 43.7 Å². The first-order valence-corrected chi connectivity index (χ1v) is 15.3. The van der Waals surface area contributed by atoms with E-state index >= 15 is 0 Å². The van der Waals surface area contributed by atoms with Crippen LogP contribution in [0.5, 0.6) is 5.75 Å². The molecule has 0 saturated carbocycles. The molecule has 0 atom stereocenters. The molecule has 0 amide bonds. The summed E-state index contributed by atoms with van der Waals surface area (Å²) in [7, 11) is 1.62. The van der Waals surface area contributed by atoms with Gasteiger partial charge in [-0.1, -0.05) is 81.5 Å².